The first-order valence-electron chi connectivity index (χ1n) is 6.39. The smallest absolute Gasteiger partial charge is 0.228 e. The lowest BCUT2D eigenvalue weighted by atomic mass is 10.0. The van der Waals surface area contributed by atoms with Gasteiger partial charge in [0.05, 0.1) is 19.8 Å². The Hall–Kier alpha value is -0.980. The van der Waals surface area contributed by atoms with Crippen molar-refractivity contribution in [1.29, 1.82) is 0 Å². The van der Waals surface area contributed by atoms with Crippen molar-refractivity contribution in [3.8, 4) is 0 Å². The van der Waals surface area contributed by atoms with E-state index in [9.17, 15) is 0 Å². The summed E-state index contributed by atoms with van der Waals surface area (Å²) >= 11 is 0. The molecule has 0 aromatic carbocycles. The molecule has 2 atom stereocenters. The van der Waals surface area contributed by atoms with Gasteiger partial charge in [0.1, 0.15) is 6.10 Å². The number of rotatable bonds is 5. The second-order valence-electron chi connectivity index (χ2n) is 4.82. The van der Waals surface area contributed by atoms with E-state index in [1.54, 1.807) is 0 Å². The van der Waals surface area contributed by atoms with Crippen molar-refractivity contribution >= 4 is 0 Å². The summed E-state index contributed by atoms with van der Waals surface area (Å²) < 4.78 is 16.1. The molecule has 18 heavy (non-hydrogen) atoms. The fourth-order valence-electron chi connectivity index (χ4n) is 1.98. The predicted molar refractivity (Wildman–Crippen MR) is 65.2 cm³/mol. The van der Waals surface area contributed by atoms with Crippen LogP contribution in [0.3, 0.4) is 0 Å². The average molecular weight is 255 g/mol. The monoisotopic (exact) mass is 255 g/mol. The molecule has 0 radical (unpaired) electrons. The van der Waals surface area contributed by atoms with E-state index < -0.39 is 0 Å². The minimum absolute atomic E-state index is 0.191. The van der Waals surface area contributed by atoms with Crippen molar-refractivity contribution in [2.75, 3.05) is 26.9 Å². The molecule has 6 heteroatoms. The van der Waals surface area contributed by atoms with E-state index in [0.29, 0.717) is 43.5 Å². The molecule has 0 amide bonds. The zero-order valence-electron chi connectivity index (χ0n) is 11.2. The molecule has 0 saturated carbocycles. The summed E-state index contributed by atoms with van der Waals surface area (Å²) in [6.07, 6.45) is 0.540. The average Bonchev–Trinajstić information content (AvgIpc) is 2.85. The molecule has 1 aromatic rings. The van der Waals surface area contributed by atoms with Gasteiger partial charge in [-0.1, -0.05) is 19.0 Å². The van der Waals surface area contributed by atoms with Gasteiger partial charge >= 0.3 is 0 Å². The highest BCUT2D eigenvalue weighted by Crippen LogP contribution is 2.18. The summed E-state index contributed by atoms with van der Waals surface area (Å²) in [5, 5.41) is 7.22. The highest BCUT2D eigenvalue weighted by Gasteiger charge is 2.23. The van der Waals surface area contributed by atoms with Crippen LogP contribution in [0.2, 0.25) is 0 Å². The van der Waals surface area contributed by atoms with Gasteiger partial charge < -0.3 is 19.3 Å². The molecule has 2 heterocycles. The Labute approximate surface area is 107 Å². The predicted octanol–water partition coefficient (Wildman–Crippen LogP) is 0.944. The number of aromatic nitrogens is 2. The molecule has 6 nitrogen and oxygen atoms in total. The van der Waals surface area contributed by atoms with Gasteiger partial charge in [-0.3, -0.25) is 0 Å². The van der Waals surface area contributed by atoms with E-state index in [1.807, 2.05) is 7.05 Å². The van der Waals surface area contributed by atoms with Gasteiger partial charge in [-0.2, -0.15) is 4.98 Å². The maximum atomic E-state index is 5.53. The first-order chi connectivity index (χ1) is 8.70. The third kappa shape index (κ3) is 3.28. The van der Waals surface area contributed by atoms with Crippen LogP contribution in [0.25, 0.3) is 0 Å². The minimum Gasteiger partial charge on any atom is -0.376 e. The number of hydrogen-bond acceptors (Lipinski definition) is 6. The molecule has 1 aromatic heterocycles. The number of likely N-dealkylation sites (N-methyl/N-ethyl adjacent to an activating group) is 1. The van der Waals surface area contributed by atoms with Crippen LogP contribution in [0.1, 0.15) is 31.7 Å². The van der Waals surface area contributed by atoms with Crippen molar-refractivity contribution in [2.24, 2.45) is 5.92 Å². The zero-order chi connectivity index (χ0) is 13.0. The third-order valence-corrected chi connectivity index (χ3v) is 3.16. The lowest BCUT2D eigenvalue weighted by Crippen LogP contribution is -2.32. The fraction of sp³-hybridized carbons (Fsp3) is 0.833. The molecular weight excluding hydrogens is 234 g/mol. The van der Waals surface area contributed by atoms with Crippen LogP contribution in [0.5, 0.6) is 0 Å². The van der Waals surface area contributed by atoms with Crippen LogP contribution in [-0.4, -0.2) is 43.1 Å². The Balaban J connectivity index is 1.96. The third-order valence-electron chi connectivity index (χ3n) is 3.16. The molecule has 1 N–H and O–H groups in total. The molecule has 0 spiro atoms. The summed E-state index contributed by atoms with van der Waals surface area (Å²) in [4.78, 5) is 4.38. The van der Waals surface area contributed by atoms with Gasteiger partial charge in [0.25, 0.3) is 0 Å². The van der Waals surface area contributed by atoms with Gasteiger partial charge in [0, 0.05) is 12.5 Å². The number of hydrogen-bond donors (Lipinski definition) is 1. The molecular formula is C12H21N3O3. The lowest BCUT2D eigenvalue weighted by molar-refractivity contribution is -0.0941. The van der Waals surface area contributed by atoms with Crippen molar-refractivity contribution in [3.63, 3.8) is 0 Å². The number of nitrogens with one attached hydrogen (secondary N) is 1. The van der Waals surface area contributed by atoms with E-state index in [2.05, 4.69) is 29.3 Å². The molecule has 1 aliphatic heterocycles. The second kappa shape index (κ2) is 6.26. The number of nitrogens with zero attached hydrogens (tertiary/aromatic N) is 2. The summed E-state index contributed by atoms with van der Waals surface area (Å²) in [6, 6.07) is 0.335. The van der Waals surface area contributed by atoms with Gasteiger partial charge in [-0.25, -0.2) is 0 Å². The topological polar surface area (TPSA) is 69.4 Å². The molecule has 1 aliphatic rings. The van der Waals surface area contributed by atoms with E-state index in [1.165, 1.54) is 0 Å². The Kier molecular flexibility index (Phi) is 4.68. The van der Waals surface area contributed by atoms with Gasteiger partial charge in [-0.15, -0.1) is 0 Å². The lowest BCUT2D eigenvalue weighted by Gasteiger charge is -2.19. The Morgan fingerprint density at radius 2 is 2.22 bits per heavy atom. The van der Waals surface area contributed by atoms with E-state index >= 15 is 0 Å². The van der Waals surface area contributed by atoms with E-state index in [-0.39, 0.29) is 6.10 Å². The van der Waals surface area contributed by atoms with Crippen LogP contribution in [0.15, 0.2) is 4.52 Å². The Bertz CT molecular complexity index is 361. The molecule has 2 rings (SSSR count). The summed E-state index contributed by atoms with van der Waals surface area (Å²) in [5.74, 6) is 1.75. The van der Waals surface area contributed by atoms with Gasteiger partial charge in [0.15, 0.2) is 0 Å². The maximum Gasteiger partial charge on any atom is 0.228 e. The summed E-state index contributed by atoms with van der Waals surface area (Å²) in [5.41, 5.74) is 0. The molecule has 1 saturated heterocycles. The zero-order valence-corrected chi connectivity index (χ0v) is 11.2. The number of ether oxygens (including phenoxy) is 2. The summed E-state index contributed by atoms with van der Waals surface area (Å²) in [6.45, 7) is 6.04. The van der Waals surface area contributed by atoms with Crippen LogP contribution in [0.4, 0.5) is 0 Å². The van der Waals surface area contributed by atoms with Gasteiger partial charge in [-0.05, 0) is 13.0 Å². The van der Waals surface area contributed by atoms with Gasteiger partial charge in [0.2, 0.25) is 11.7 Å². The highest BCUT2D eigenvalue weighted by molar-refractivity contribution is 4.94. The fourth-order valence-corrected chi connectivity index (χ4v) is 1.98. The first-order valence-corrected chi connectivity index (χ1v) is 6.39. The first kappa shape index (κ1) is 13.5. The van der Waals surface area contributed by atoms with Crippen molar-refractivity contribution in [2.45, 2.75) is 32.4 Å². The van der Waals surface area contributed by atoms with Crippen molar-refractivity contribution < 1.29 is 14.0 Å². The van der Waals surface area contributed by atoms with Crippen LogP contribution in [0, 0.1) is 5.92 Å². The quantitative estimate of drug-likeness (QED) is 0.844. The normalized spacial score (nSPS) is 22.3. The van der Waals surface area contributed by atoms with E-state index in [0.717, 1.165) is 6.42 Å². The van der Waals surface area contributed by atoms with Crippen LogP contribution in [-0.2, 0) is 15.9 Å². The van der Waals surface area contributed by atoms with Crippen LogP contribution >= 0.6 is 0 Å². The second-order valence-corrected chi connectivity index (χ2v) is 4.82. The highest BCUT2D eigenvalue weighted by atomic mass is 16.6. The molecule has 1 fully saturated rings. The minimum atomic E-state index is -0.191. The molecule has 0 bridgehead atoms. The van der Waals surface area contributed by atoms with Crippen molar-refractivity contribution in [1.82, 2.24) is 15.5 Å². The SMILES string of the molecule is CNC(Cc1nc(C2COCCO2)no1)C(C)C. The maximum absolute atomic E-state index is 5.53. The Morgan fingerprint density at radius 3 is 2.83 bits per heavy atom. The van der Waals surface area contributed by atoms with Crippen LogP contribution < -0.4 is 5.32 Å². The standard InChI is InChI=1S/C12H21N3O3/c1-8(2)9(13-3)6-11-14-12(15-18-11)10-7-16-4-5-17-10/h8-10,13H,4-7H2,1-3H3. The Morgan fingerprint density at radius 1 is 1.39 bits per heavy atom. The molecule has 0 aliphatic carbocycles. The van der Waals surface area contributed by atoms with E-state index in [4.69, 9.17) is 14.0 Å². The summed E-state index contributed by atoms with van der Waals surface area (Å²) in [7, 11) is 1.94. The van der Waals surface area contributed by atoms with Crippen molar-refractivity contribution in [3.05, 3.63) is 11.7 Å². The largest absolute Gasteiger partial charge is 0.376 e. The molecule has 2 unspecified atom stereocenters. The molecule has 102 valence electrons.